The van der Waals surface area contributed by atoms with Gasteiger partial charge in [0.05, 0.1) is 0 Å². The van der Waals surface area contributed by atoms with Crippen LogP contribution in [0.3, 0.4) is 0 Å². The number of esters is 2. The summed E-state index contributed by atoms with van der Waals surface area (Å²) in [4.78, 5) is 22.8. The lowest BCUT2D eigenvalue weighted by Crippen LogP contribution is -2.47. The van der Waals surface area contributed by atoms with Crippen LogP contribution in [0.2, 0.25) is 0 Å². The summed E-state index contributed by atoms with van der Waals surface area (Å²) in [6.45, 7) is 0. The molecule has 1 aromatic rings. The minimum absolute atomic E-state index is 0.260. The molecule has 0 aromatic heterocycles. The molecule has 19 heavy (non-hydrogen) atoms. The van der Waals surface area contributed by atoms with Crippen LogP contribution in [0.25, 0.3) is 0 Å². The summed E-state index contributed by atoms with van der Waals surface area (Å²) < 4.78 is 10.6. The first kappa shape index (κ1) is 12.2. The van der Waals surface area contributed by atoms with E-state index in [1.807, 2.05) is 18.2 Å². The normalized spacial score (nSPS) is 22.9. The maximum absolute atomic E-state index is 11.4. The largest absolute Gasteiger partial charge is 0.422 e. The van der Waals surface area contributed by atoms with Gasteiger partial charge in [-0.3, -0.25) is 9.59 Å². The van der Waals surface area contributed by atoms with Crippen molar-refractivity contribution in [1.29, 1.82) is 0 Å². The Morgan fingerprint density at radius 1 is 0.947 bits per heavy atom. The van der Waals surface area contributed by atoms with Crippen LogP contribution in [0, 0.1) is 0 Å². The van der Waals surface area contributed by atoms with Crippen molar-refractivity contribution in [3.8, 4) is 0 Å². The van der Waals surface area contributed by atoms with E-state index in [9.17, 15) is 9.59 Å². The van der Waals surface area contributed by atoms with E-state index in [-0.39, 0.29) is 6.42 Å². The van der Waals surface area contributed by atoms with Crippen molar-refractivity contribution in [2.24, 2.45) is 0 Å². The summed E-state index contributed by atoms with van der Waals surface area (Å²) in [5.74, 6) is -1.47. The van der Waals surface area contributed by atoms with E-state index in [0.717, 1.165) is 12.8 Å². The topological polar surface area (TPSA) is 52.6 Å². The number of carbonyl (C=O) groups excluding carboxylic acids is 2. The third kappa shape index (κ3) is 2.48. The van der Waals surface area contributed by atoms with Crippen LogP contribution in [0.15, 0.2) is 30.3 Å². The summed E-state index contributed by atoms with van der Waals surface area (Å²) in [6.07, 6.45) is 2.65. The molecule has 3 rings (SSSR count). The van der Waals surface area contributed by atoms with Gasteiger partial charge in [-0.2, -0.15) is 0 Å². The Balaban J connectivity index is 1.69. The lowest BCUT2D eigenvalue weighted by Gasteiger charge is -2.40. The average molecular weight is 260 g/mol. The molecule has 1 saturated carbocycles. The predicted octanol–water partition coefficient (Wildman–Crippen LogP) is 2.53. The zero-order valence-corrected chi connectivity index (χ0v) is 10.6. The highest BCUT2D eigenvalue weighted by atomic mass is 16.7. The van der Waals surface area contributed by atoms with Gasteiger partial charge in [0.25, 0.3) is 5.79 Å². The van der Waals surface area contributed by atoms with Gasteiger partial charge < -0.3 is 9.47 Å². The molecule has 0 bridgehead atoms. The van der Waals surface area contributed by atoms with E-state index in [0.29, 0.717) is 18.8 Å². The summed E-state index contributed by atoms with van der Waals surface area (Å²) >= 11 is 0. The van der Waals surface area contributed by atoms with Gasteiger partial charge in [-0.25, -0.2) is 0 Å². The third-order valence-electron chi connectivity index (χ3n) is 3.91. The van der Waals surface area contributed by atoms with E-state index in [4.69, 9.17) is 9.47 Å². The van der Waals surface area contributed by atoms with Crippen molar-refractivity contribution in [3.63, 3.8) is 0 Å². The molecule has 1 aromatic carbocycles. The fourth-order valence-corrected chi connectivity index (χ4v) is 2.95. The summed E-state index contributed by atoms with van der Waals surface area (Å²) in [5.41, 5.74) is 1.30. The molecular formula is C15H16O4. The van der Waals surface area contributed by atoms with Crippen LogP contribution in [0.4, 0.5) is 0 Å². The Hall–Kier alpha value is -1.84. The molecule has 0 N–H and O–H groups in total. The Bertz CT molecular complexity index is 468. The van der Waals surface area contributed by atoms with E-state index in [2.05, 4.69) is 12.1 Å². The van der Waals surface area contributed by atoms with Crippen molar-refractivity contribution in [1.82, 2.24) is 0 Å². The highest BCUT2D eigenvalue weighted by Crippen LogP contribution is 2.42. The molecule has 0 unspecified atom stereocenters. The molecule has 0 amide bonds. The Kier molecular flexibility index (Phi) is 3.01. The van der Waals surface area contributed by atoms with Gasteiger partial charge in [-0.1, -0.05) is 30.3 Å². The molecule has 1 saturated heterocycles. The average Bonchev–Trinajstić information content (AvgIpc) is 2.39. The highest BCUT2D eigenvalue weighted by molar-refractivity contribution is 5.93. The number of rotatable bonds is 1. The van der Waals surface area contributed by atoms with Gasteiger partial charge in [-0.15, -0.1) is 0 Å². The van der Waals surface area contributed by atoms with Crippen molar-refractivity contribution in [2.75, 3.05) is 0 Å². The first-order chi connectivity index (χ1) is 9.17. The van der Waals surface area contributed by atoms with Gasteiger partial charge in [0, 0.05) is 12.8 Å². The molecule has 1 aliphatic heterocycles. The Labute approximate surface area is 111 Å². The van der Waals surface area contributed by atoms with Gasteiger partial charge >= 0.3 is 11.9 Å². The standard InChI is InChI=1S/C15H16O4/c16-13-10-14(17)19-15(18-13)8-6-12(7-9-15)11-4-2-1-3-5-11/h1-5,12H,6-10H2. The molecule has 1 aliphatic carbocycles. The number of carbonyl (C=O) groups is 2. The zero-order chi connectivity index (χ0) is 13.3. The minimum atomic E-state index is -0.988. The molecule has 4 nitrogen and oxygen atoms in total. The quantitative estimate of drug-likeness (QED) is 0.575. The van der Waals surface area contributed by atoms with Gasteiger partial charge in [0.15, 0.2) is 0 Å². The smallest absolute Gasteiger partial charge is 0.320 e. The lowest BCUT2D eigenvalue weighted by atomic mass is 9.80. The lowest BCUT2D eigenvalue weighted by molar-refractivity contribution is -0.253. The fourth-order valence-electron chi connectivity index (χ4n) is 2.95. The second-order valence-corrected chi connectivity index (χ2v) is 5.22. The third-order valence-corrected chi connectivity index (χ3v) is 3.91. The van der Waals surface area contributed by atoms with Gasteiger partial charge in [-0.05, 0) is 24.3 Å². The summed E-state index contributed by atoms with van der Waals surface area (Å²) in [7, 11) is 0. The number of hydrogen-bond donors (Lipinski definition) is 0. The molecule has 1 heterocycles. The van der Waals surface area contributed by atoms with Crippen LogP contribution in [-0.2, 0) is 19.1 Å². The van der Waals surface area contributed by atoms with Gasteiger partial charge in [0.2, 0.25) is 0 Å². The number of benzene rings is 1. The molecule has 0 atom stereocenters. The summed E-state index contributed by atoms with van der Waals surface area (Å²) in [6, 6.07) is 10.3. The number of hydrogen-bond acceptors (Lipinski definition) is 4. The van der Waals surface area contributed by atoms with Crippen LogP contribution in [0.1, 0.15) is 43.6 Å². The monoisotopic (exact) mass is 260 g/mol. The Morgan fingerprint density at radius 2 is 1.53 bits per heavy atom. The zero-order valence-electron chi connectivity index (χ0n) is 10.6. The molecule has 2 aliphatic rings. The molecule has 100 valence electrons. The molecule has 1 spiro atoms. The van der Waals surface area contributed by atoms with Crippen molar-refractivity contribution in [3.05, 3.63) is 35.9 Å². The maximum Gasteiger partial charge on any atom is 0.320 e. The van der Waals surface area contributed by atoms with Crippen LogP contribution >= 0.6 is 0 Å². The van der Waals surface area contributed by atoms with E-state index < -0.39 is 17.7 Å². The van der Waals surface area contributed by atoms with Crippen LogP contribution in [0.5, 0.6) is 0 Å². The molecule has 4 heteroatoms. The second kappa shape index (κ2) is 4.68. The van der Waals surface area contributed by atoms with Gasteiger partial charge in [0.1, 0.15) is 6.42 Å². The predicted molar refractivity (Wildman–Crippen MR) is 67.2 cm³/mol. The fraction of sp³-hybridized carbons (Fsp3) is 0.467. The van der Waals surface area contributed by atoms with Crippen LogP contribution < -0.4 is 0 Å². The van der Waals surface area contributed by atoms with Crippen molar-refractivity contribution < 1.29 is 19.1 Å². The first-order valence-corrected chi connectivity index (χ1v) is 6.65. The Morgan fingerprint density at radius 3 is 2.11 bits per heavy atom. The molecular weight excluding hydrogens is 244 g/mol. The number of ether oxygens (including phenoxy) is 2. The maximum atomic E-state index is 11.4. The summed E-state index contributed by atoms with van der Waals surface area (Å²) in [5, 5.41) is 0. The second-order valence-electron chi connectivity index (χ2n) is 5.22. The molecule has 0 radical (unpaired) electrons. The highest BCUT2D eigenvalue weighted by Gasteiger charge is 2.46. The first-order valence-electron chi connectivity index (χ1n) is 6.65. The van der Waals surface area contributed by atoms with E-state index in [1.165, 1.54) is 5.56 Å². The van der Waals surface area contributed by atoms with E-state index in [1.54, 1.807) is 0 Å². The SMILES string of the molecule is O=C1CC(=O)OC2(CCC(c3ccccc3)CC2)O1. The molecule has 2 fully saturated rings. The minimum Gasteiger partial charge on any atom is -0.422 e. The van der Waals surface area contributed by atoms with Crippen molar-refractivity contribution in [2.45, 2.75) is 43.8 Å². The van der Waals surface area contributed by atoms with Crippen molar-refractivity contribution >= 4 is 11.9 Å². The van der Waals surface area contributed by atoms with E-state index >= 15 is 0 Å². The van der Waals surface area contributed by atoms with Crippen LogP contribution in [-0.4, -0.2) is 17.7 Å².